The number of primary amides is 1. The maximum atomic E-state index is 13.0. The van der Waals surface area contributed by atoms with Crippen molar-refractivity contribution in [1.82, 2.24) is 5.32 Å². The van der Waals surface area contributed by atoms with E-state index < -0.39 is 17.6 Å². The number of rotatable bonds is 3. The number of benzene rings is 1. The maximum absolute atomic E-state index is 13.0. The Hall–Kier alpha value is -2.32. The molecule has 4 N–H and O–H groups in total. The molecule has 2 aromatic rings. The summed E-state index contributed by atoms with van der Waals surface area (Å²) >= 11 is 6.71. The fourth-order valence-corrected chi connectivity index (χ4v) is 5.18. The van der Waals surface area contributed by atoms with Crippen LogP contribution in [0.2, 0.25) is 0 Å². The van der Waals surface area contributed by atoms with E-state index in [-0.39, 0.29) is 16.1 Å². The summed E-state index contributed by atoms with van der Waals surface area (Å²) in [4.78, 5) is 25.5. The number of anilines is 1. The summed E-state index contributed by atoms with van der Waals surface area (Å²) in [6, 6.07) is 5.16. The molecule has 0 saturated carbocycles. The topological polar surface area (TPSA) is 84.2 Å². The van der Waals surface area contributed by atoms with Crippen molar-refractivity contribution in [3.63, 3.8) is 0 Å². The molecule has 2 amide bonds. The van der Waals surface area contributed by atoms with Gasteiger partial charge in [-0.1, -0.05) is 20.8 Å². The third kappa shape index (κ3) is 4.82. The van der Waals surface area contributed by atoms with E-state index in [0.717, 1.165) is 29.7 Å². The van der Waals surface area contributed by atoms with Gasteiger partial charge in [0.25, 0.3) is 11.8 Å². The fraction of sp³-hybridized carbons (Fsp3) is 0.381. The maximum Gasteiger partial charge on any atom is 0.257 e. The van der Waals surface area contributed by atoms with Crippen LogP contribution in [0.1, 0.15) is 58.3 Å². The zero-order valence-electron chi connectivity index (χ0n) is 16.6. The van der Waals surface area contributed by atoms with Crippen LogP contribution in [0.4, 0.5) is 9.39 Å². The van der Waals surface area contributed by atoms with E-state index in [2.05, 4.69) is 31.4 Å². The standard InChI is InChI=1S/C21H24FN3O2S2/c1-21(2,3)12-6-9-14-15(10-12)29-19(16(14)17(23)26)25-20(28)24-18(27)11-4-7-13(22)8-5-11/h4-5,7-8,12H,6,9-10H2,1-3H3,(H2,23,26)(H2,24,25,27,28)/t12-/m0/s1. The van der Waals surface area contributed by atoms with E-state index in [1.165, 1.54) is 35.6 Å². The number of thiophene rings is 1. The van der Waals surface area contributed by atoms with Gasteiger partial charge in [0.05, 0.1) is 5.56 Å². The molecule has 5 nitrogen and oxygen atoms in total. The van der Waals surface area contributed by atoms with E-state index in [0.29, 0.717) is 16.5 Å². The van der Waals surface area contributed by atoms with Crippen LogP contribution in [0.3, 0.4) is 0 Å². The summed E-state index contributed by atoms with van der Waals surface area (Å²) < 4.78 is 13.0. The van der Waals surface area contributed by atoms with Crippen LogP contribution in [0, 0.1) is 17.2 Å². The van der Waals surface area contributed by atoms with Crippen molar-refractivity contribution >= 4 is 45.5 Å². The lowest BCUT2D eigenvalue weighted by atomic mass is 9.72. The first-order chi connectivity index (χ1) is 13.6. The summed E-state index contributed by atoms with van der Waals surface area (Å²) in [6.07, 6.45) is 2.68. The third-order valence-corrected chi connectivity index (χ3v) is 6.67. The number of halogens is 1. The minimum Gasteiger partial charge on any atom is -0.365 e. The number of carbonyl (C=O) groups excluding carboxylic acids is 2. The first-order valence-corrected chi connectivity index (χ1v) is 10.6. The normalized spacial score (nSPS) is 16.1. The van der Waals surface area contributed by atoms with Gasteiger partial charge in [-0.3, -0.25) is 14.9 Å². The zero-order chi connectivity index (χ0) is 21.3. The molecule has 1 aliphatic rings. The Balaban J connectivity index is 1.77. The van der Waals surface area contributed by atoms with E-state index >= 15 is 0 Å². The van der Waals surface area contributed by atoms with Crippen molar-refractivity contribution in [3.8, 4) is 0 Å². The van der Waals surface area contributed by atoms with E-state index in [1.54, 1.807) is 0 Å². The SMILES string of the molecule is CC(C)(C)[C@H]1CCc2c(sc(NC(=S)NC(=O)c3ccc(F)cc3)c2C(N)=O)C1. The van der Waals surface area contributed by atoms with E-state index in [4.69, 9.17) is 18.0 Å². The number of hydrogen-bond donors (Lipinski definition) is 3. The minimum absolute atomic E-state index is 0.0628. The van der Waals surface area contributed by atoms with Crippen molar-refractivity contribution < 1.29 is 14.0 Å². The molecule has 0 aliphatic heterocycles. The van der Waals surface area contributed by atoms with Crippen molar-refractivity contribution in [3.05, 3.63) is 51.7 Å². The van der Waals surface area contributed by atoms with Crippen LogP contribution in [0.15, 0.2) is 24.3 Å². The molecule has 1 aromatic heterocycles. The van der Waals surface area contributed by atoms with Crippen LogP contribution in [-0.2, 0) is 12.8 Å². The van der Waals surface area contributed by atoms with Gasteiger partial charge in [0.1, 0.15) is 10.8 Å². The van der Waals surface area contributed by atoms with Gasteiger partial charge < -0.3 is 11.1 Å². The fourth-order valence-electron chi connectivity index (χ4n) is 3.58. The Morgan fingerprint density at radius 2 is 1.90 bits per heavy atom. The van der Waals surface area contributed by atoms with Gasteiger partial charge >= 0.3 is 0 Å². The Morgan fingerprint density at radius 1 is 1.24 bits per heavy atom. The number of hydrogen-bond acceptors (Lipinski definition) is 4. The van der Waals surface area contributed by atoms with Crippen LogP contribution in [0.5, 0.6) is 0 Å². The minimum atomic E-state index is -0.508. The Labute approximate surface area is 178 Å². The molecular formula is C21H24FN3O2S2. The van der Waals surface area contributed by atoms with Gasteiger partial charge in [-0.15, -0.1) is 11.3 Å². The summed E-state index contributed by atoms with van der Waals surface area (Å²) in [6.45, 7) is 6.68. The third-order valence-electron chi connectivity index (χ3n) is 5.30. The molecule has 1 aromatic carbocycles. The molecule has 8 heteroatoms. The summed E-state index contributed by atoms with van der Waals surface area (Å²) in [5.74, 6) is -0.873. The van der Waals surface area contributed by atoms with Crippen molar-refractivity contribution in [2.45, 2.75) is 40.0 Å². The second kappa shape index (κ2) is 8.20. The molecule has 3 rings (SSSR count). The second-order valence-corrected chi connectivity index (χ2v) is 9.81. The quantitative estimate of drug-likeness (QED) is 0.632. The Morgan fingerprint density at radius 3 is 2.48 bits per heavy atom. The first kappa shape index (κ1) is 21.4. The van der Waals surface area contributed by atoms with Crippen LogP contribution >= 0.6 is 23.6 Å². The average Bonchev–Trinajstić information content (AvgIpc) is 2.98. The van der Waals surface area contributed by atoms with Crippen LogP contribution in [0.25, 0.3) is 0 Å². The molecule has 0 unspecified atom stereocenters. The highest BCUT2D eigenvalue weighted by Gasteiger charge is 2.33. The van der Waals surface area contributed by atoms with Crippen molar-refractivity contribution in [2.75, 3.05) is 5.32 Å². The number of fused-ring (bicyclic) bond motifs is 1. The zero-order valence-corrected chi connectivity index (χ0v) is 18.2. The monoisotopic (exact) mass is 433 g/mol. The molecular weight excluding hydrogens is 409 g/mol. The number of thiocarbonyl (C=S) groups is 1. The molecule has 0 bridgehead atoms. The van der Waals surface area contributed by atoms with Gasteiger partial charge in [-0.05, 0) is 72.6 Å². The molecule has 1 atom stereocenters. The number of amides is 2. The molecule has 1 heterocycles. The highest BCUT2D eigenvalue weighted by atomic mass is 32.1. The molecule has 0 fully saturated rings. The van der Waals surface area contributed by atoms with E-state index in [9.17, 15) is 14.0 Å². The van der Waals surface area contributed by atoms with Gasteiger partial charge in [-0.2, -0.15) is 0 Å². The van der Waals surface area contributed by atoms with Gasteiger partial charge in [0.2, 0.25) is 0 Å². The molecule has 0 saturated heterocycles. The number of nitrogens with two attached hydrogens (primary N) is 1. The smallest absolute Gasteiger partial charge is 0.257 e. The summed E-state index contributed by atoms with van der Waals surface area (Å²) in [5, 5.41) is 6.13. The molecule has 0 spiro atoms. The van der Waals surface area contributed by atoms with Crippen molar-refractivity contribution in [2.24, 2.45) is 17.1 Å². The van der Waals surface area contributed by atoms with Crippen LogP contribution < -0.4 is 16.4 Å². The van der Waals surface area contributed by atoms with Crippen molar-refractivity contribution in [1.29, 1.82) is 0 Å². The highest BCUT2D eigenvalue weighted by Crippen LogP contribution is 2.44. The van der Waals surface area contributed by atoms with E-state index in [1.807, 2.05) is 0 Å². The number of nitrogens with one attached hydrogen (secondary N) is 2. The second-order valence-electron chi connectivity index (χ2n) is 8.29. The Bertz CT molecular complexity index is 962. The van der Waals surface area contributed by atoms with Gasteiger partial charge in [-0.25, -0.2) is 4.39 Å². The highest BCUT2D eigenvalue weighted by molar-refractivity contribution is 7.80. The predicted octanol–water partition coefficient (Wildman–Crippen LogP) is 4.26. The largest absolute Gasteiger partial charge is 0.365 e. The Kier molecular flexibility index (Phi) is 6.05. The lowest BCUT2D eigenvalue weighted by Crippen LogP contribution is -2.34. The summed E-state index contributed by atoms with van der Waals surface area (Å²) in [7, 11) is 0. The molecule has 1 aliphatic carbocycles. The lowest BCUT2D eigenvalue weighted by molar-refractivity contribution is 0.0975. The van der Waals surface area contributed by atoms with Gasteiger partial charge in [0.15, 0.2) is 5.11 Å². The van der Waals surface area contributed by atoms with Crippen LogP contribution in [-0.4, -0.2) is 16.9 Å². The predicted molar refractivity (Wildman–Crippen MR) is 118 cm³/mol. The van der Waals surface area contributed by atoms with Gasteiger partial charge in [0, 0.05) is 10.4 Å². The average molecular weight is 434 g/mol. The molecule has 0 radical (unpaired) electrons. The number of carbonyl (C=O) groups is 2. The first-order valence-electron chi connectivity index (χ1n) is 9.38. The molecule has 154 valence electrons. The lowest BCUT2D eigenvalue weighted by Gasteiger charge is -2.33. The molecule has 29 heavy (non-hydrogen) atoms. The summed E-state index contributed by atoms with van der Waals surface area (Å²) in [5.41, 5.74) is 7.55.